The van der Waals surface area contributed by atoms with Crippen LogP contribution >= 0.6 is 35.6 Å². The topological polar surface area (TPSA) is 27.7 Å². The second-order valence-corrected chi connectivity index (χ2v) is 6.86. The number of likely N-dealkylation sites (tertiary alicyclic amines) is 1. The Morgan fingerprint density at radius 3 is 2.61 bits per heavy atom. The molecule has 1 aromatic carbocycles. The first-order valence-electron chi connectivity index (χ1n) is 7.86. The fourth-order valence-electron chi connectivity index (χ4n) is 3.39. The van der Waals surface area contributed by atoms with Crippen molar-refractivity contribution in [3.63, 3.8) is 0 Å². The van der Waals surface area contributed by atoms with Crippen LogP contribution in [0.5, 0.6) is 5.75 Å². The molecule has 2 fully saturated rings. The zero-order valence-corrected chi connectivity index (χ0v) is 15.7. The Bertz CT molecular complexity index is 524. The molecule has 2 aliphatic rings. The Morgan fingerprint density at radius 1 is 1.17 bits per heavy atom. The van der Waals surface area contributed by atoms with Gasteiger partial charge in [-0.25, -0.2) is 0 Å². The molecule has 0 aliphatic carbocycles. The summed E-state index contributed by atoms with van der Waals surface area (Å²) in [4.78, 5) is 5.08. The Hall–Kier alpha value is -0.230. The zero-order chi connectivity index (χ0) is 15.5. The highest BCUT2D eigenvalue weighted by molar-refractivity contribution is 6.34. The third-order valence-electron chi connectivity index (χ3n) is 4.63. The van der Waals surface area contributed by atoms with Crippen LogP contribution in [0.1, 0.15) is 12.0 Å². The second kappa shape index (κ2) is 8.75. The monoisotopic (exact) mass is 379 g/mol. The number of nitrogens with zero attached hydrogens (tertiary/aromatic N) is 2. The lowest BCUT2D eigenvalue weighted by Crippen LogP contribution is -2.49. The molecular weight excluding hydrogens is 357 g/mol. The number of ether oxygens (including phenoxy) is 1. The van der Waals surface area contributed by atoms with Crippen molar-refractivity contribution in [3.05, 3.63) is 27.7 Å². The molecule has 2 aliphatic heterocycles. The van der Waals surface area contributed by atoms with E-state index in [4.69, 9.17) is 27.9 Å². The van der Waals surface area contributed by atoms with Gasteiger partial charge < -0.3 is 10.1 Å². The van der Waals surface area contributed by atoms with Gasteiger partial charge in [0.05, 0.1) is 12.1 Å². The number of hydrogen-bond donors (Lipinski definition) is 1. The van der Waals surface area contributed by atoms with E-state index < -0.39 is 0 Å². The summed E-state index contributed by atoms with van der Waals surface area (Å²) < 4.78 is 5.20. The molecule has 1 atom stereocenters. The quantitative estimate of drug-likeness (QED) is 0.869. The van der Waals surface area contributed by atoms with Crippen LogP contribution in [0.25, 0.3) is 0 Å². The first-order valence-corrected chi connectivity index (χ1v) is 8.62. The van der Waals surface area contributed by atoms with E-state index in [0.29, 0.717) is 16.8 Å². The SMILES string of the molecule is COc1cc(Cl)c(CN2CCC(N3CCNCC3)C2)cc1Cl.Cl. The van der Waals surface area contributed by atoms with Gasteiger partial charge >= 0.3 is 0 Å². The van der Waals surface area contributed by atoms with Crippen molar-refractivity contribution in [1.82, 2.24) is 15.1 Å². The van der Waals surface area contributed by atoms with E-state index >= 15 is 0 Å². The summed E-state index contributed by atoms with van der Waals surface area (Å²) in [6.45, 7) is 7.62. The summed E-state index contributed by atoms with van der Waals surface area (Å²) in [5.74, 6) is 0.635. The fourth-order valence-corrected chi connectivity index (χ4v) is 3.87. The van der Waals surface area contributed by atoms with Gasteiger partial charge in [0, 0.05) is 62.9 Å². The van der Waals surface area contributed by atoms with Crippen molar-refractivity contribution in [2.24, 2.45) is 0 Å². The molecule has 130 valence electrons. The van der Waals surface area contributed by atoms with Crippen LogP contribution in [0, 0.1) is 0 Å². The Kier molecular flexibility index (Phi) is 7.26. The number of halogens is 3. The largest absolute Gasteiger partial charge is 0.495 e. The third-order valence-corrected chi connectivity index (χ3v) is 5.28. The first-order chi connectivity index (χ1) is 10.7. The third kappa shape index (κ3) is 4.65. The number of hydrogen-bond acceptors (Lipinski definition) is 4. The average Bonchev–Trinajstić information content (AvgIpc) is 3.00. The molecule has 0 amide bonds. The van der Waals surface area contributed by atoms with E-state index in [2.05, 4.69) is 15.1 Å². The maximum Gasteiger partial charge on any atom is 0.138 e. The molecule has 1 N–H and O–H groups in total. The number of nitrogens with one attached hydrogen (secondary N) is 1. The van der Waals surface area contributed by atoms with E-state index in [1.807, 2.05) is 12.1 Å². The molecular formula is C16H24Cl3N3O. The van der Waals surface area contributed by atoms with Gasteiger partial charge in [-0.15, -0.1) is 12.4 Å². The summed E-state index contributed by atoms with van der Waals surface area (Å²) in [7, 11) is 1.61. The van der Waals surface area contributed by atoms with Gasteiger partial charge in [0.25, 0.3) is 0 Å². The van der Waals surface area contributed by atoms with Gasteiger partial charge in [-0.2, -0.15) is 0 Å². The summed E-state index contributed by atoms with van der Waals surface area (Å²) in [5.41, 5.74) is 1.08. The van der Waals surface area contributed by atoms with Crippen LogP contribution in [0.4, 0.5) is 0 Å². The Balaban J connectivity index is 0.00000192. The molecule has 1 aromatic rings. The van der Waals surface area contributed by atoms with Crippen molar-refractivity contribution in [3.8, 4) is 5.75 Å². The predicted octanol–water partition coefficient (Wildman–Crippen LogP) is 2.90. The van der Waals surface area contributed by atoms with Crippen LogP contribution < -0.4 is 10.1 Å². The van der Waals surface area contributed by atoms with E-state index in [1.54, 1.807) is 7.11 Å². The Morgan fingerprint density at radius 2 is 1.91 bits per heavy atom. The summed E-state index contributed by atoms with van der Waals surface area (Å²) >= 11 is 12.6. The maximum atomic E-state index is 6.36. The lowest BCUT2D eigenvalue weighted by Gasteiger charge is -2.32. The first kappa shape index (κ1) is 19.1. The van der Waals surface area contributed by atoms with E-state index in [9.17, 15) is 0 Å². The smallest absolute Gasteiger partial charge is 0.138 e. The van der Waals surface area contributed by atoms with Gasteiger partial charge in [-0.05, 0) is 18.1 Å². The lowest BCUT2D eigenvalue weighted by molar-refractivity contribution is 0.170. The zero-order valence-electron chi connectivity index (χ0n) is 13.4. The van der Waals surface area contributed by atoms with Gasteiger partial charge in [0.15, 0.2) is 0 Å². The second-order valence-electron chi connectivity index (χ2n) is 6.04. The molecule has 0 saturated carbocycles. The number of methoxy groups -OCH3 is 1. The average molecular weight is 381 g/mol. The van der Waals surface area contributed by atoms with Gasteiger partial charge in [-0.1, -0.05) is 23.2 Å². The number of rotatable bonds is 4. The highest BCUT2D eigenvalue weighted by Crippen LogP contribution is 2.32. The summed E-state index contributed by atoms with van der Waals surface area (Å²) in [6.07, 6.45) is 1.24. The molecule has 7 heteroatoms. The molecule has 1 unspecified atom stereocenters. The summed E-state index contributed by atoms with van der Waals surface area (Å²) in [6, 6.07) is 4.42. The number of piperazine rings is 1. The van der Waals surface area contributed by atoms with Crippen LogP contribution in [0.2, 0.25) is 10.0 Å². The molecule has 0 bridgehead atoms. The summed E-state index contributed by atoms with van der Waals surface area (Å²) in [5, 5.41) is 4.77. The van der Waals surface area contributed by atoms with Crippen molar-refractivity contribution in [2.45, 2.75) is 19.0 Å². The van der Waals surface area contributed by atoms with Crippen molar-refractivity contribution in [2.75, 3.05) is 46.4 Å². The molecule has 23 heavy (non-hydrogen) atoms. The lowest BCUT2D eigenvalue weighted by atomic mass is 10.2. The predicted molar refractivity (Wildman–Crippen MR) is 98.4 cm³/mol. The maximum absolute atomic E-state index is 6.36. The fraction of sp³-hybridized carbons (Fsp3) is 0.625. The number of benzene rings is 1. The van der Waals surface area contributed by atoms with Gasteiger partial charge in [0.1, 0.15) is 5.75 Å². The Labute approximate surface area is 154 Å². The molecule has 2 saturated heterocycles. The van der Waals surface area contributed by atoms with E-state index in [-0.39, 0.29) is 12.4 Å². The molecule has 3 rings (SSSR count). The minimum absolute atomic E-state index is 0. The minimum atomic E-state index is 0. The van der Waals surface area contributed by atoms with Gasteiger partial charge in [-0.3, -0.25) is 9.80 Å². The van der Waals surface area contributed by atoms with E-state index in [0.717, 1.165) is 56.4 Å². The van der Waals surface area contributed by atoms with Crippen molar-refractivity contribution < 1.29 is 4.74 Å². The molecule has 4 nitrogen and oxygen atoms in total. The van der Waals surface area contributed by atoms with Crippen LogP contribution in [-0.2, 0) is 6.54 Å². The highest BCUT2D eigenvalue weighted by Gasteiger charge is 2.28. The van der Waals surface area contributed by atoms with E-state index in [1.165, 1.54) is 6.42 Å². The molecule has 0 spiro atoms. The highest BCUT2D eigenvalue weighted by atomic mass is 35.5. The minimum Gasteiger partial charge on any atom is -0.495 e. The van der Waals surface area contributed by atoms with Gasteiger partial charge in [0.2, 0.25) is 0 Å². The van der Waals surface area contributed by atoms with Crippen molar-refractivity contribution in [1.29, 1.82) is 0 Å². The standard InChI is InChI=1S/C16H23Cl2N3O.ClH/c1-22-16-9-14(17)12(8-15(16)18)10-20-5-2-13(11-20)21-6-3-19-4-7-21;/h8-9,13,19H,2-7,10-11H2,1H3;1H. The normalized spacial score (nSPS) is 22.8. The molecule has 2 heterocycles. The molecule has 0 aromatic heterocycles. The van der Waals surface area contributed by atoms with Crippen LogP contribution in [-0.4, -0.2) is 62.2 Å². The van der Waals surface area contributed by atoms with Crippen LogP contribution in [0.3, 0.4) is 0 Å². The molecule has 0 radical (unpaired) electrons. The van der Waals surface area contributed by atoms with Crippen molar-refractivity contribution >= 4 is 35.6 Å². The van der Waals surface area contributed by atoms with Crippen LogP contribution in [0.15, 0.2) is 12.1 Å².